The molecule has 1 aromatic heterocycles. The maximum atomic E-state index is 12.3. The number of aromatic nitrogens is 1. The lowest BCUT2D eigenvalue weighted by Crippen LogP contribution is -2.20. The van der Waals surface area contributed by atoms with Crippen LogP contribution in [0.5, 0.6) is 0 Å². The van der Waals surface area contributed by atoms with Gasteiger partial charge < -0.3 is 9.30 Å². The van der Waals surface area contributed by atoms with Gasteiger partial charge in [-0.2, -0.15) is 5.10 Å². The van der Waals surface area contributed by atoms with E-state index in [1.807, 2.05) is 62.6 Å². The molecule has 0 bridgehead atoms. The Morgan fingerprint density at radius 1 is 1.06 bits per heavy atom. The van der Waals surface area contributed by atoms with Crippen LogP contribution in [0.4, 0.5) is 0 Å². The molecule has 6 heteroatoms. The van der Waals surface area contributed by atoms with E-state index in [1.54, 1.807) is 18.3 Å². The second-order valence-corrected chi connectivity index (χ2v) is 7.60. The fraction of sp³-hybridized carbons (Fsp3) is 0.240. The predicted molar refractivity (Wildman–Crippen MR) is 122 cm³/mol. The van der Waals surface area contributed by atoms with E-state index >= 15 is 0 Å². The van der Waals surface area contributed by atoms with Crippen molar-refractivity contribution in [3.8, 4) is 5.69 Å². The molecular formula is C25H27N3O3. The number of rotatable bonds is 6. The van der Waals surface area contributed by atoms with Crippen molar-refractivity contribution in [2.24, 2.45) is 5.10 Å². The summed E-state index contributed by atoms with van der Waals surface area (Å²) in [6.45, 7) is 7.98. The number of nitrogens with zero attached hydrogens (tertiary/aromatic N) is 2. The number of amides is 1. The van der Waals surface area contributed by atoms with Crippen LogP contribution in [0.2, 0.25) is 0 Å². The van der Waals surface area contributed by atoms with Gasteiger partial charge in [-0.25, -0.2) is 10.2 Å². The molecule has 3 rings (SSSR count). The van der Waals surface area contributed by atoms with Gasteiger partial charge in [0.15, 0.2) is 0 Å². The Labute approximate surface area is 182 Å². The van der Waals surface area contributed by atoms with Crippen molar-refractivity contribution < 1.29 is 14.3 Å². The maximum Gasteiger partial charge on any atom is 0.337 e. The Balaban J connectivity index is 1.74. The number of hydrogen-bond donors (Lipinski definition) is 1. The second-order valence-electron chi connectivity index (χ2n) is 7.60. The third-order valence-corrected chi connectivity index (χ3v) is 5.24. The number of hydrazone groups is 1. The fourth-order valence-corrected chi connectivity index (χ4v) is 3.64. The lowest BCUT2D eigenvalue weighted by atomic mass is 10.0. The number of methoxy groups -OCH3 is 1. The van der Waals surface area contributed by atoms with Crippen molar-refractivity contribution in [3.63, 3.8) is 0 Å². The molecule has 0 saturated heterocycles. The zero-order chi connectivity index (χ0) is 22.5. The molecule has 31 heavy (non-hydrogen) atoms. The highest BCUT2D eigenvalue weighted by Crippen LogP contribution is 2.21. The van der Waals surface area contributed by atoms with Crippen LogP contribution < -0.4 is 5.43 Å². The highest BCUT2D eigenvalue weighted by Gasteiger charge is 2.12. The van der Waals surface area contributed by atoms with Gasteiger partial charge in [0.05, 0.1) is 25.3 Å². The molecule has 0 aliphatic rings. The van der Waals surface area contributed by atoms with Crippen molar-refractivity contribution in [2.45, 2.75) is 34.1 Å². The van der Waals surface area contributed by atoms with Gasteiger partial charge in [-0.1, -0.05) is 29.8 Å². The van der Waals surface area contributed by atoms with Gasteiger partial charge in [0.25, 0.3) is 0 Å². The van der Waals surface area contributed by atoms with E-state index in [0.29, 0.717) is 5.56 Å². The van der Waals surface area contributed by atoms with E-state index in [9.17, 15) is 9.59 Å². The number of benzene rings is 2. The smallest absolute Gasteiger partial charge is 0.337 e. The normalized spacial score (nSPS) is 11.0. The molecule has 0 radical (unpaired) electrons. The van der Waals surface area contributed by atoms with Gasteiger partial charge in [0.2, 0.25) is 5.91 Å². The molecule has 0 aliphatic carbocycles. The molecule has 0 saturated carbocycles. The van der Waals surface area contributed by atoms with Gasteiger partial charge in [-0.3, -0.25) is 4.79 Å². The first-order valence-corrected chi connectivity index (χ1v) is 10.1. The molecule has 160 valence electrons. The molecule has 6 nitrogen and oxygen atoms in total. The van der Waals surface area contributed by atoms with Crippen molar-refractivity contribution >= 4 is 18.1 Å². The number of esters is 1. The second kappa shape index (κ2) is 9.43. The lowest BCUT2D eigenvalue weighted by molar-refractivity contribution is -0.120. The van der Waals surface area contributed by atoms with Crippen molar-refractivity contribution in [1.82, 2.24) is 9.99 Å². The molecule has 0 unspecified atom stereocenters. The molecule has 3 aromatic rings. The summed E-state index contributed by atoms with van der Waals surface area (Å²) in [5, 5.41) is 4.14. The van der Waals surface area contributed by atoms with E-state index in [4.69, 9.17) is 4.74 Å². The molecule has 1 amide bonds. The topological polar surface area (TPSA) is 72.7 Å². The number of nitrogens with one attached hydrogen (secondary N) is 1. The molecular weight excluding hydrogens is 390 g/mol. The predicted octanol–water partition coefficient (Wildman–Crippen LogP) is 4.19. The fourth-order valence-electron chi connectivity index (χ4n) is 3.64. The Hall–Kier alpha value is -3.67. The zero-order valence-electron chi connectivity index (χ0n) is 18.5. The van der Waals surface area contributed by atoms with Gasteiger partial charge >= 0.3 is 5.97 Å². The number of hydrogen-bond acceptors (Lipinski definition) is 4. The van der Waals surface area contributed by atoms with E-state index in [2.05, 4.69) is 16.6 Å². The Kier molecular flexibility index (Phi) is 6.70. The summed E-state index contributed by atoms with van der Waals surface area (Å²) < 4.78 is 6.85. The minimum absolute atomic E-state index is 0.164. The Morgan fingerprint density at radius 3 is 2.55 bits per heavy atom. The van der Waals surface area contributed by atoms with Crippen LogP contribution in [-0.2, 0) is 16.0 Å². The summed E-state index contributed by atoms with van der Waals surface area (Å²) >= 11 is 0. The summed E-state index contributed by atoms with van der Waals surface area (Å²) in [6.07, 6.45) is 1.92. The number of aryl methyl sites for hydroxylation is 3. The summed E-state index contributed by atoms with van der Waals surface area (Å²) in [5.41, 5.74) is 10.0. The average molecular weight is 418 g/mol. The summed E-state index contributed by atoms with van der Waals surface area (Å²) in [7, 11) is 1.37. The first-order valence-electron chi connectivity index (χ1n) is 10.1. The minimum atomic E-state index is -0.377. The van der Waals surface area contributed by atoms with Crippen LogP contribution in [0.3, 0.4) is 0 Å². The number of carbonyl (C=O) groups is 2. The highest BCUT2D eigenvalue weighted by molar-refractivity contribution is 5.90. The average Bonchev–Trinajstić information content (AvgIpc) is 3.02. The third-order valence-electron chi connectivity index (χ3n) is 5.24. The zero-order valence-corrected chi connectivity index (χ0v) is 18.5. The maximum absolute atomic E-state index is 12.3. The van der Waals surface area contributed by atoms with Crippen LogP contribution in [0.1, 0.15) is 44.0 Å². The SMILES string of the molecule is COC(=O)c1cccc(-n2c(C)cc(/C=N/NC(=O)Cc3ccc(C)cc3C)c2C)c1. The van der Waals surface area contributed by atoms with Crippen molar-refractivity contribution in [3.05, 3.63) is 87.7 Å². The molecule has 0 fully saturated rings. The summed E-state index contributed by atoms with van der Waals surface area (Å²) in [6, 6.07) is 15.3. The van der Waals surface area contributed by atoms with Gasteiger partial charge in [0.1, 0.15) is 0 Å². The minimum Gasteiger partial charge on any atom is -0.465 e. The molecule has 1 heterocycles. The lowest BCUT2D eigenvalue weighted by Gasteiger charge is -2.11. The number of ether oxygens (including phenoxy) is 1. The molecule has 0 spiro atoms. The largest absolute Gasteiger partial charge is 0.465 e. The van der Waals surface area contributed by atoms with Crippen LogP contribution >= 0.6 is 0 Å². The van der Waals surface area contributed by atoms with Crippen LogP contribution in [0.15, 0.2) is 53.6 Å². The Morgan fingerprint density at radius 2 is 1.84 bits per heavy atom. The van der Waals surface area contributed by atoms with E-state index < -0.39 is 0 Å². The first-order chi connectivity index (χ1) is 14.8. The van der Waals surface area contributed by atoms with E-state index in [0.717, 1.165) is 33.8 Å². The van der Waals surface area contributed by atoms with Crippen LogP contribution in [-0.4, -0.2) is 29.8 Å². The molecule has 1 N–H and O–H groups in total. The first kappa shape index (κ1) is 22.0. The van der Waals surface area contributed by atoms with Crippen molar-refractivity contribution in [2.75, 3.05) is 7.11 Å². The van der Waals surface area contributed by atoms with Crippen molar-refractivity contribution in [1.29, 1.82) is 0 Å². The molecule has 0 atom stereocenters. The van der Waals surface area contributed by atoms with Gasteiger partial charge in [-0.15, -0.1) is 0 Å². The quantitative estimate of drug-likeness (QED) is 0.371. The third kappa shape index (κ3) is 5.09. The van der Waals surface area contributed by atoms with Gasteiger partial charge in [0, 0.05) is 22.6 Å². The van der Waals surface area contributed by atoms with E-state index in [-0.39, 0.29) is 18.3 Å². The molecule has 2 aromatic carbocycles. The standard InChI is InChI=1S/C25H27N3O3/c1-16-9-10-20(17(2)11-16)14-24(29)27-26-15-22-12-18(3)28(19(22)4)23-8-6-7-21(13-23)25(30)31-5/h6-13,15H,14H2,1-5H3,(H,27,29)/b26-15+. The molecule has 0 aliphatic heterocycles. The van der Waals surface area contributed by atoms with Crippen LogP contribution in [0.25, 0.3) is 5.69 Å². The van der Waals surface area contributed by atoms with Gasteiger partial charge in [-0.05, 0) is 63.1 Å². The number of carbonyl (C=O) groups excluding carboxylic acids is 2. The summed E-state index contributed by atoms with van der Waals surface area (Å²) in [5.74, 6) is -0.541. The monoisotopic (exact) mass is 417 g/mol. The van der Waals surface area contributed by atoms with E-state index in [1.165, 1.54) is 12.7 Å². The highest BCUT2D eigenvalue weighted by atomic mass is 16.5. The summed E-state index contributed by atoms with van der Waals surface area (Å²) in [4.78, 5) is 24.1. The van der Waals surface area contributed by atoms with Crippen LogP contribution in [0, 0.1) is 27.7 Å². The Bertz CT molecular complexity index is 1160.